The maximum absolute atomic E-state index is 13.8. The molecule has 1 fully saturated rings. The van der Waals surface area contributed by atoms with Crippen molar-refractivity contribution in [3.63, 3.8) is 0 Å². The normalized spacial score (nSPS) is 17.2. The fraction of sp³-hybridized carbons (Fsp3) is 0.448. The number of aromatic nitrogens is 2. The van der Waals surface area contributed by atoms with E-state index in [1.54, 1.807) is 35.2 Å². The van der Waals surface area contributed by atoms with Gasteiger partial charge in [0.15, 0.2) is 11.6 Å². The maximum Gasteiger partial charge on any atom is 0.422 e. The number of carbonyl (C=O) groups excluding carboxylic acids is 1. The lowest BCUT2D eigenvalue weighted by atomic mass is 10.1. The van der Waals surface area contributed by atoms with Gasteiger partial charge in [-0.2, -0.15) is 26.3 Å². The fourth-order valence-electron chi connectivity index (χ4n) is 5.27. The quantitative estimate of drug-likeness (QED) is 0.247. The molecular formula is C29H30F6N5O4P. The molecule has 3 aromatic rings. The molecule has 0 radical (unpaired) electrons. The van der Waals surface area contributed by atoms with Crippen LogP contribution in [-0.2, 0) is 28.0 Å². The summed E-state index contributed by atoms with van der Waals surface area (Å²) in [7, 11) is -1.92. The molecule has 2 aliphatic heterocycles. The van der Waals surface area contributed by atoms with Gasteiger partial charge < -0.3 is 24.6 Å². The average molecular weight is 658 g/mol. The number of piperazine rings is 1. The number of rotatable bonds is 9. The zero-order chi connectivity index (χ0) is 32.2. The second-order valence-corrected chi connectivity index (χ2v) is 12.3. The van der Waals surface area contributed by atoms with Crippen molar-refractivity contribution in [1.82, 2.24) is 14.6 Å². The van der Waals surface area contributed by atoms with Crippen LogP contribution in [0.2, 0.25) is 0 Å². The molecule has 2 unspecified atom stereocenters. The van der Waals surface area contributed by atoms with Gasteiger partial charge in [-0.3, -0.25) is 9.59 Å². The molecule has 0 spiro atoms. The Morgan fingerprint density at radius 3 is 2.58 bits per heavy atom. The number of fused-ring (bicyclic) bond motifs is 3. The van der Waals surface area contributed by atoms with Gasteiger partial charge in [0, 0.05) is 52.7 Å². The van der Waals surface area contributed by atoms with Crippen molar-refractivity contribution in [2.75, 3.05) is 56.2 Å². The Bertz CT molecular complexity index is 1550. The summed E-state index contributed by atoms with van der Waals surface area (Å²) in [5, 5.41) is 1.56. The van der Waals surface area contributed by atoms with Crippen LogP contribution in [0.15, 0.2) is 53.6 Å². The van der Waals surface area contributed by atoms with Crippen molar-refractivity contribution in [3.05, 3.63) is 75.4 Å². The molecule has 9 nitrogen and oxygen atoms in total. The predicted octanol–water partition coefficient (Wildman–Crippen LogP) is 5.23. The second kappa shape index (κ2) is 13.7. The highest BCUT2D eigenvalue weighted by Crippen LogP contribution is 2.38. The number of halogens is 6. The SMILES string of the molecule is O=C(CCOCCNc1cnp(Cc2ccccc2)c(=O)c1C(F)(F)F)N1CCN2c3ncc(C(F)(F)F)cc3OCCC2C1. The van der Waals surface area contributed by atoms with E-state index >= 15 is 0 Å². The first-order chi connectivity index (χ1) is 21.4. The zero-order valence-corrected chi connectivity index (χ0v) is 24.8. The first-order valence-electron chi connectivity index (χ1n) is 14.2. The van der Waals surface area contributed by atoms with Crippen LogP contribution >= 0.6 is 7.69 Å². The molecule has 2 atom stereocenters. The molecule has 4 heterocycles. The van der Waals surface area contributed by atoms with Crippen molar-refractivity contribution in [2.45, 2.75) is 37.4 Å². The summed E-state index contributed by atoms with van der Waals surface area (Å²) in [5.41, 5.74) is -1.83. The average Bonchev–Trinajstić information content (AvgIpc) is 3.18. The van der Waals surface area contributed by atoms with E-state index in [1.807, 2.05) is 4.90 Å². The van der Waals surface area contributed by atoms with Gasteiger partial charge in [0.2, 0.25) is 11.1 Å². The molecule has 5 rings (SSSR count). The van der Waals surface area contributed by atoms with E-state index in [1.165, 1.54) is 0 Å². The number of ether oxygens (including phenoxy) is 2. The van der Waals surface area contributed by atoms with Crippen molar-refractivity contribution in [1.29, 1.82) is 0 Å². The highest BCUT2D eigenvalue weighted by molar-refractivity contribution is 7.43. The number of benzene rings is 1. The van der Waals surface area contributed by atoms with E-state index in [2.05, 4.69) is 15.0 Å². The van der Waals surface area contributed by atoms with Crippen LogP contribution in [0, 0.1) is 0 Å². The van der Waals surface area contributed by atoms with E-state index in [9.17, 15) is 35.9 Å². The first kappa shape index (κ1) is 32.6. The minimum absolute atomic E-state index is 0.0150. The maximum atomic E-state index is 13.8. The summed E-state index contributed by atoms with van der Waals surface area (Å²) in [6.45, 7) is 1.17. The van der Waals surface area contributed by atoms with Crippen molar-refractivity contribution in [3.8, 4) is 5.75 Å². The molecule has 0 bridgehead atoms. The Hall–Kier alpha value is -3.84. The summed E-state index contributed by atoms with van der Waals surface area (Å²) in [6.07, 6.45) is -6.92. The van der Waals surface area contributed by atoms with Crippen LogP contribution in [0.25, 0.3) is 0 Å². The Labute approximate surface area is 255 Å². The van der Waals surface area contributed by atoms with Crippen LogP contribution in [0.5, 0.6) is 5.75 Å². The third-order valence-electron chi connectivity index (χ3n) is 7.50. The number of pyridine rings is 1. The van der Waals surface area contributed by atoms with Gasteiger partial charge in [-0.1, -0.05) is 30.3 Å². The molecule has 0 aliphatic carbocycles. The molecule has 0 saturated carbocycles. The zero-order valence-electron chi connectivity index (χ0n) is 23.9. The number of alkyl halides is 6. The third kappa shape index (κ3) is 7.88. The molecule has 16 heteroatoms. The summed E-state index contributed by atoms with van der Waals surface area (Å²) < 4.78 is 95.9. The lowest BCUT2D eigenvalue weighted by molar-refractivity contribution is -0.138. The van der Waals surface area contributed by atoms with E-state index in [0.29, 0.717) is 31.9 Å². The van der Waals surface area contributed by atoms with Crippen LogP contribution in [0.1, 0.15) is 29.5 Å². The van der Waals surface area contributed by atoms with Gasteiger partial charge in [0.05, 0.1) is 49.7 Å². The summed E-state index contributed by atoms with van der Waals surface area (Å²) in [5.74, 6) is 0.186. The standard InChI is InChI=1S/C29H30F6N5O4P/c30-28(31,32)20-14-23-26(37-15-20)40-10-9-39(17-21(40)6-12-44-23)24(41)7-11-43-13-8-36-22-16-38-45(18-19-4-2-1-3-5-19)27(42)25(22)29(33,34)35/h1-5,14-16,21,36H,6-13,17-18H2. The number of anilines is 2. The van der Waals surface area contributed by atoms with Crippen LogP contribution in [0.4, 0.5) is 37.8 Å². The largest absolute Gasteiger partial charge is 0.490 e. The molecule has 2 aliphatic rings. The number of hydrogen-bond acceptors (Lipinski definition) is 8. The van der Waals surface area contributed by atoms with E-state index in [0.717, 1.165) is 24.0 Å². The minimum atomic E-state index is -4.85. The number of carbonyl (C=O) groups is 1. The van der Waals surface area contributed by atoms with E-state index in [4.69, 9.17) is 9.47 Å². The summed E-state index contributed by atoms with van der Waals surface area (Å²) in [4.78, 5) is 33.1. The number of amides is 1. The van der Waals surface area contributed by atoms with Gasteiger partial charge in [-0.05, 0) is 11.6 Å². The number of nitrogens with one attached hydrogen (secondary N) is 1. The molecule has 2 aromatic heterocycles. The third-order valence-corrected chi connectivity index (χ3v) is 9.25. The first-order valence-corrected chi connectivity index (χ1v) is 15.7. The second-order valence-electron chi connectivity index (χ2n) is 10.5. The summed E-state index contributed by atoms with van der Waals surface area (Å²) >= 11 is 0. The van der Waals surface area contributed by atoms with Crippen molar-refractivity contribution in [2.24, 2.45) is 0 Å². The predicted molar refractivity (Wildman–Crippen MR) is 155 cm³/mol. The minimum Gasteiger partial charge on any atom is -0.490 e. The van der Waals surface area contributed by atoms with Crippen molar-refractivity contribution < 1.29 is 40.6 Å². The van der Waals surface area contributed by atoms with Gasteiger partial charge >= 0.3 is 12.4 Å². The molecule has 45 heavy (non-hydrogen) atoms. The highest BCUT2D eigenvalue weighted by Gasteiger charge is 2.39. The van der Waals surface area contributed by atoms with Crippen molar-refractivity contribution >= 4 is 25.1 Å². The smallest absolute Gasteiger partial charge is 0.422 e. The monoisotopic (exact) mass is 657 g/mol. The molecule has 1 aromatic carbocycles. The molecular weight excluding hydrogens is 627 g/mol. The fourth-order valence-corrected chi connectivity index (χ4v) is 6.92. The molecule has 242 valence electrons. The Kier molecular flexibility index (Phi) is 9.88. The summed E-state index contributed by atoms with van der Waals surface area (Å²) in [6, 6.07) is 9.49. The Balaban J connectivity index is 1.09. The number of hydrogen-bond donors (Lipinski definition) is 1. The van der Waals surface area contributed by atoms with Gasteiger partial charge in [-0.25, -0.2) is 9.73 Å². The molecule has 1 N–H and O–H groups in total. The van der Waals surface area contributed by atoms with Crippen LogP contribution < -0.4 is 20.1 Å². The van der Waals surface area contributed by atoms with Crippen LogP contribution in [0.3, 0.4) is 0 Å². The lowest BCUT2D eigenvalue weighted by Crippen LogP contribution is -2.55. The Morgan fingerprint density at radius 1 is 1.07 bits per heavy atom. The number of nitrogens with zero attached hydrogens (tertiary/aromatic N) is 4. The Morgan fingerprint density at radius 2 is 1.84 bits per heavy atom. The highest BCUT2D eigenvalue weighted by atomic mass is 31.1. The van der Waals surface area contributed by atoms with E-state index in [-0.39, 0.29) is 56.6 Å². The van der Waals surface area contributed by atoms with E-state index < -0.39 is 42.0 Å². The molecule has 1 amide bonds. The topological polar surface area (TPSA) is 96.9 Å². The lowest BCUT2D eigenvalue weighted by Gasteiger charge is -2.41. The van der Waals surface area contributed by atoms with Crippen LogP contribution in [-0.4, -0.2) is 72.6 Å². The van der Waals surface area contributed by atoms with Gasteiger partial charge in [0.25, 0.3) is 0 Å². The van der Waals surface area contributed by atoms with Gasteiger partial charge in [-0.15, -0.1) is 0 Å². The van der Waals surface area contributed by atoms with Gasteiger partial charge in [0.1, 0.15) is 5.56 Å². The molecule has 1 saturated heterocycles.